The Morgan fingerprint density at radius 2 is 1.88 bits per heavy atom. The lowest BCUT2D eigenvalue weighted by molar-refractivity contribution is -0.148. The molecule has 0 radical (unpaired) electrons. The number of ether oxygens (including phenoxy) is 1. The molecule has 1 aliphatic heterocycles. The Kier molecular flexibility index (Phi) is 5.96. The molecule has 2 rings (SSSR count). The second-order valence-electron chi connectivity index (χ2n) is 5.82. The monoisotopic (exact) mass is 327 g/mol. The predicted octanol–water partition coefficient (Wildman–Crippen LogP) is 1.83. The van der Waals surface area contributed by atoms with Crippen molar-refractivity contribution in [2.75, 3.05) is 38.7 Å². The first kappa shape index (κ1) is 17.5. The number of amides is 1. The van der Waals surface area contributed by atoms with Crippen LogP contribution in [0.25, 0.3) is 6.08 Å². The van der Waals surface area contributed by atoms with E-state index in [1.165, 1.54) is 6.08 Å². The Balaban J connectivity index is 1.97. The number of carbonyl (C=O) groups is 2. The van der Waals surface area contributed by atoms with Crippen LogP contribution in [0.15, 0.2) is 29.8 Å². The van der Waals surface area contributed by atoms with E-state index < -0.39 is 5.97 Å². The SMILES string of the molecule is CN(C)c1ccc(/C=C(/C#N)C(=O)OCC(=O)N2CCCC2)cc1. The van der Waals surface area contributed by atoms with E-state index in [9.17, 15) is 9.59 Å². The van der Waals surface area contributed by atoms with Crippen molar-refractivity contribution in [2.24, 2.45) is 0 Å². The molecule has 6 nitrogen and oxygen atoms in total. The van der Waals surface area contributed by atoms with Gasteiger partial charge in [0.1, 0.15) is 11.6 Å². The lowest BCUT2D eigenvalue weighted by atomic mass is 10.1. The number of likely N-dealkylation sites (tertiary alicyclic amines) is 1. The molecule has 0 spiro atoms. The second kappa shape index (κ2) is 8.16. The van der Waals surface area contributed by atoms with Gasteiger partial charge in [0.2, 0.25) is 0 Å². The summed E-state index contributed by atoms with van der Waals surface area (Å²) < 4.78 is 4.97. The Bertz CT molecular complexity index is 666. The van der Waals surface area contributed by atoms with Gasteiger partial charge in [-0.25, -0.2) is 4.79 Å². The van der Waals surface area contributed by atoms with Crippen LogP contribution in [0.2, 0.25) is 0 Å². The molecule has 1 amide bonds. The van der Waals surface area contributed by atoms with Crippen molar-refractivity contribution in [1.82, 2.24) is 4.90 Å². The summed E-state index contributed by atoms with van der Waals surface area (Å²) in [6, 6.07) is 9.25. The lowest BCUT2D eigenvalue weighted by Gasteiger charge is -2.14. The molecule has 1 aliphatic rings. The largest absolute Gasteiger partial charge is 0.451 e. The average Bonchev–Trinajstić information content (AvgIpc) is 3.12. The van der Waals surface area contributed by atoms with Gasteiger partial charge in [0, 0.05) is 32.9 Å². The maximum Gasteiger partial charge on any atom is 0.349 e. The van der Waals surface area contributed by atoms with E-state index in [-0.39, 0.29) is 18.1 Å². The number of nitrogens with zero attached hydrogens (tertiary/aromatic N) is 3. The van der Waals surface area contributed by atoms with Crippen molar-refractivity contribution in [3.8, 4) is 6.07 Å². The van der Waals surface area contributed by atoms with Gasteiger partial charge in [0.25, 0.3) is 5.91 Å². The maximum atomic E-state index is 12.0. The Morgan fingerprint density at radius 3 is 2.42 bits per heavy atom. The van der Waals surface area contributed by atoms with E-state index in [1.54, 1.807) is 4.90 Å². The summed E-state index contributed by atoms with van der Waals surface area (Å²) >= 11 is 0. The molecule has 1 heterocycles. The van der Waals surface area contributed by atoms with E-state index in [0.717, 1.165) is 24.1 Å². The first-order valence-electron chi connectivity index (χ1n) is 7.85. The number of benzene rings is 1. The van der Waals surface area contributed by atoms with Crippen molar-refractivity contribution < 1.29 is 14.3 Å². The predicted molar refractivity (Wildman–Crippen MR) is 91.1 cm³/mol. The molecule has 1 aromatic carbocycles. The fraction of sp³-hybridized carbons (Fsp3) is 0.389. The van der Waals surface area contributed by atoms with Crippen LogP contribution >= 0.6 is 0 Å². The molecule has 1 aromatic rings. The molecule has 0 atom stereocenters. The van der Waals surface area contributed by atoms with Crippen LogP contribution in [0, 0.1) is 11.3 Å². The standard InChI is InChI=1S/C18H21N3O3/c1-20(2)16-7-5-14(6-8-16)11-15(12-19)18(23)24-13-17(22)21-9-3-4-10-21/h5-8,11H,3-4,9-10,13H2,1-2H3/b15-11-. The van der Waals surface area contributed by atoms with Crippen molar-refractivity contribution in [2.45, 2.75) is 12.8 Å². The summed E-state index contributed by atoms with van der Waals surface area (Å²) in [5.41, 5.74) is 1.62. The van der Waals surface area contributed by atoms with E-state index in [0.29, 0.717) is 13.1 Å². The molecule has 1 fully saturated rings. The summed E-state index contributed by atoms with van der Waals surface area (Å²) in [5, 5.41) is 9.15. The van der Waals surface area contributed by atoms with Crippen LogP contribution in [-0.4, -0.2) is 50.6 Å². The highest BCUT2D eigenvalue weighted by atomic mass is 16.5. The van der Waals surface area contributed by atoms with E-state index in [1.807, 2.05) is 49.3 Å². The number of anilines is 1. The molecule has 0 aromatic heterocycles. The fourth-order valence-corrected chi connectivity index (χ4v) is 2.44. The molecule has 0 N–H and O–H groups in total. The molecule has 0 unspecified atom stereocenters. The molecule has 0 aliphatic carbocycles. The topological polar surface area (TPSA) is 73.6 Å². The third-order valence-corrected chi connectivity index (χ3v) is 3.85. The highest BCUT2D eigenvalue weighted by molar-refractivity contribution is 5.98. The van der Waals surface area contributed by atoms with E-state index in [4.69, 9.17) is 10.00 Å². The van der Waals surface area contributed by atoms with Crippen molar-refractivity contribution in [3.63, 3.8) is 0 Å². The zero-order valence-electron chi connectivity index (χ0n) is 14.0. The highest BCUT2D eigenvalue weighted by Gasteiger charge is 2.20. The Morgan fingerprint density at radius 1 is 1.25 bits per heavy atom. The first-order valence-corrected chi connectivity index (χ1v) is 7.85. The molecule has 6 heteroatoms. The van der Waals surface area contributed by atoms with E-state index >= 15 is 0 Å². The molecule has 126 valence electrons. The maximum absolute atomic E-state index is 12.0. The molecule has 1 saturated heterocycles. The summed E-state index contributed by atoms with van der Waals surface area (Å²) in [4.78, 5) is 27.5. The minimum atomic E-state index is -0.776. The molecular weight excluding hydrogens is 306 g/mol. The van der Waals surface area contributed by atoms with Crippen molar-refractivity contribution >= 4 is 23.6 Å². The number of rotatable bonds is 5. The van der Waals surface area contributed by atoms with Crippen LogP contribution in [0.5, 0.6) is 0 Å². The summed E-state index contributed by atoms with van der Waals surface area (Å²) in [6.45, 7) is 1.09. The third kappa shape index (κ3) is 4.59. The number of hydrogen-bond acceptors (Lipinski definition) is 5. The van der Waals surface area contributed by atoms with Gasteiger partial charge in [0.15, 0.2) is 6.61 Å². The van der Waals surface area contributed by atoms with Gasteiger partial charge in [-0.1, -0.05) is 12.1 Å². The number of nitriles is 1. The van der Waals surface area contributed by atoms with Gasteiger partial charge in [-0.3, -0.25) is 4.79 Å². The molecular formula is C18H21N3O3. The normalized spacial score (nSPS) is 14.2. The van der Waals surface area contributed by atoms with Gasteiger partial charge in [0.05, 0.1) is 0 Å². The van der Waals surface area contributed by atoms with Gasteiger partial charge in [-0.05, 0) is 36.6 Å². The molecule has 0 saturated carbocycles. The van der Waals surface area contributed by atoms with Crippen LogP contribution in [0.4, 0.5) is 5.69 Å². The van der Waals surface area contributed by atoms with Crippen LogP contribution in [-0.2, 0) is 14.3 Å². The van der Waals surface area contributed by atoms with E-state index in [2.05, 4.69) is 0 Å². The fourth-order valence-electron chi connectivity index (χ4n) is 2.44. The Labute approximate surface area is 141 Å². The van der Waals surface area contributed by atoms with Gasteiger partial charge < -0.3 is 14.5 Å². The number of esters is 1. The summed E-state index contributed by atoms with van der Waals surface area (Å²) in [6.07, 6.45) is 3.42. The second-order valence-corrected chi connectivity index (χ2v) is 5.82. The van der Waals surface area contributed by atoms with Crippen molar-refractivity contribution in [1.29, 1.82) is 5.26 Å². The van der Waals surface area contributed by atoms with Crippen LogP contribution in [0.1, 0.15) is 18.4 Å². The Hall–Kier alpha value is -2.81. The highest BCUT2D eigenvalue weighted by Crippen LogP contribution is 2.15. The van der Waals surface area contributed by atoms with Crippen LogP contribution in [0.3, 0.4) is 0 Å². The van der Waals surface area contributed by atoms with Gasteiger partial charge in [-0.15, -0.1) is 0 Å². The number of carbonyl (C=O) groups excluding carboxylic acids is 2. The summed E-state index contributed by atoms with van der Waals surface area (Å²) in [5.74, 6) is -0.991. The smallest absolute Gasteiger partial charge is 0.349 e. The third-order valence-electron chi connectivity index (χ3n) is 3.85. The zero-order valence-corrected chi connectivity index (χ0v) is 14.0. The minimum Gasteiger partial charge on any atom is -0.451 e. The number of hydrogen-bond donors (Lipinski definition) is 0. The summed E-state index contributed by atoms with van der Waals surface area (Å²) in [7, 11) is 3.86. The average molecular weight is 327 g/mol. The van der Waals surface area contributed by atoms with Crippen molar-refractivity contribution in [3.05, 3.63) is 35.4 Å². The quantitative estimate of drug-likeness (QED) is 0.468. The van der Waals surface area contributed by atoms with Gasteiger partial charge >= 0.3 is 5.97 Å². The zero-order chi connectivity index (χ0) is 17.5. The lowest BCUT2D eigenvalue weighted by Crippen LogP contribution is -2.32. The van der Waals surface area contributed by atoms with Gasteiger partial charge in [-0.2, -0.15) is 5.26 Å². The first-order chi connectivity index (χ1) is 11.5. The molecule has 24 heavy (non-hydrogen) atoms. The minimum absolute atomic E-state index is 0.123. The van der Waals surface area contributed by atoms with Crippen LogP contribution < -0.4 is 4.90 Å². The molecule has 0 bridgehead atoms.